The number of hydrogen-bond donors (Lipinski definition) is 1. The SMILES string of the molecule is CCCCCCCCCCCCOc1cc(=O)n2cc(-c3ccccc3C)c(S(=O)(=O)N(CCCC)CCCC)c2[nH]1. The zero-order chi connectivity index (χ0) is 30.4. The summed E-state index contributed by atoms with van der Waals surface area (Å²) in [6.07, 6.45) is 17.3. The van der Waals surface area contributed by atoms with Crippen molar-refractivity contribution in [2.45, 2.75) is 122 Å². The predicted octanol–water partition coefficient (Wildman–Crippen LogP) is 8.49. The minimum Gasteiger partial charge on any atom is -0.479 e. The second-order valence-corrected chi connectivity index (χ2v) is 13.4. The van der Waals surface area contributed by atoms with Crippen LogP contribution in [0.4, 0.5) is 0 Å². The minimum absolute atomic E-state index is 0.144. The second kappa shape index (κ2) is 17.5. The smallest absolute Gasteiger partial charge is 0.261 e. The Balaban J connectivity index is 1.85. The Morgan fingerprint density at radius 1 is 0.786 bits per heavy atom. The summed E-state index contributed by atoms with van der Waals surface area (Å²) < 4.78 is 37.7. The maximum Gasteiger partial charge on any atom is 0.261 e. The van der Waals surface area contributed by atoms with Crippen molar-refractivity contribution in [1.82, 2.24) is 13.7 Å². The van der Waals surface area contributed by atoms with E-state index in [1.807, 2.05) is 31.2 Å². The van der Waals surface area contributed by atoms with Crippen LogP contribution >= 0.6 is 0 Å². The zero-order valence-electron chi connectivity index (χ0n) is 26.4. The summed E-state index contributed by atoms with van der Waals surface area (Å²) in [5.74, 6) is 0.308. The molecule has 0 bridgehead atoms. The second-order valence-electron chi connectivity index (χ2n) is 11.5. The third kappa shape index (κ3) is 9.21. The van der Waals surface area contributed by atoms with Crippen molar-refractivity contribution in [3.8, 4) is 17.0 Å². The molecule has 0 aliphatic heterocycles. The van der Waals surface area contributed by atoms with Gasteiger partial charge in [0.05, 0.1) is 12.7 Å². The Kier molecular flexibility index (Phi) is 14.1. The first-order valence-corrected chi connectivity index (χ1v) is 17.8. The molecule has 0 aliphatic rings. The summed E-state index contributed by atoms with van der Waals surface area (Å²) in [5.41, 5.74) is 2.23. The molecule has 0 amide bonds. The van der Waals surface area contributed by atoms with Crippen molar-refractivity contribution in [1.29, 1.82) is 0 Å². The molecule has 0 saturated heterocycles. The van der Waals surface area contributed by atoms with E-state index in [-0.39, 0.29) is 16.1 Å². The number of sulfonamides is 1. The molecule has 0 unspecified atom stereocenters. The van der Waals surface area contributed by atoms with E-state index < -0.39 is 10.0 Å². The topological polar surface area (TPSA) is 83.9 Å². The van der Waals surface area contributed by atoms with Crippen LogP contribution in [0.3, 0.4) is 0 Å². The first-order chi connectivity index (χ1) is 20.3. The van der Waals surface area contributed by atoms with E-state index in [4.69, 9.17) is 4.74 Å². The Hall–Kier alpha value is -2.58. The summed E-state index contributed by atoms with van der Waals surface area (Å²) >= 11 is 0. The van der Waals surface area contributed by atoms with Gasteiger partial charge in [-0.2, -0.15) is 4.31 Å². The Labute approximate surface area is 253 Å². The Morgan fingerprint density at radius 2 is 1.36 bits per heavy atom. The van der Waals surface area contributed by atoms with Crippen molar-refractivity contribution in [2.75, 3.05) is 19.7 Å². The number of nitrogens with one attached hydrogen (secondary N) is 1. The highest BCUT2D eigenvalue weighted by Gasteiger charge is 2.32. The van der Waals surface area contributed by atoms with Crippen LogP contribution in [0.15, 0.2) is 46.2 Å². The van der Waals surface area contributed by atoms with Gasteiger partial charge >= 0.3 is 0 Å². The van der Waals surface area contributed by atoms with Crippen LogP contribution in [0.25, 0.3) is 16.8 Å². The summed E-state index contributed by atoms with van der Waals surface area (Å²) in [5, 5.41) is 0. The molecular formula is C34H53N3O4S. The van der Waals surface area contributed by atoms with Gasteiger partial charge in [-0.05, 0) is 37.3 Å². The number of nitrogens with zero attached hydrogens (tertiary/aromatic N) is 2. The lowest BCUT2D eigenvalue weighted by atomic mass is 10.0. The standard InChI is InChI=1S/C34H53N3O4S/c1-5-8-11-12-13-14-15-16-17-20-25-41-31-26-32(38)37-27-30(29-22-19-18-21-28(29)4)33(34(37)35-31)42(39,40)36(23-9-6-2)24-10-7-3/h18-19,21-22,26-27,35H,5-17,20,23-25H2,1-4H3. The van der Waals surface area contributed by atoms with Crippen LogP contribution in [0.1, 0.15) is 116 Å². The number of hydrogen-bond acceptors (Lipinski definition) is 4. The van der Waals surface area contributed by atoms with Crippen LogP contribution in [-0.4, -0.2) is 41.8 Å². The van der Waals surface area contributed by atoms with E-state index >= 15 is 0 Å². The molecule has 234 valence electrons. The summed E-state index contributed by atoms with van der Waals surface area (Å²) in [7, 11) is -3.92. The van der Waals surface area contributed by atoms with Gasteiger partial charge < -0.3 is 9.72 Å². The third-order valence-electron chi connectivity index (χ3n) is 8.00. The number of aromatic nitrogens is 2. The van der Waals surface area contributed by atoms with E-state index in [9.17, 15) is 13.2 Å². The third-order valence-corrected chi connectivity index (χ3v) is 9.98. The first-order valence-electron chi connectivity index (χ1n) is 16.3. The average molecular weight is 600 g/mol. The molecule has 1 N–H and O–H groups in total. The molecule has 0 atom stereocenters. The Bertz CT molecular complexity index is 1390. The molecule has 0 fully saturated rings. The molecule has 1 aromatic carbocycles. The van der Waals surface area contributed by atoms with Crippen molar-refractivity contribution in [3.05, 3.63) is 52.4 Å². The van der Waals surface area contributed by atoms with E-state index in [0.29, 0.717) is 31.1 Å². The highest BCUT2D eigenvalue weighted by atomic mass is 32.2. The van der Waals surface area contributed by atoms with Gasteiger partial charge in [-0.3, -0.25) is 9.20 Å². The Morgan fingerprint density at radius 3 is 1.95 bits per heavy atom. The van der Waals surface area contributed by atoms with E-state index in [0.717, 1.165) is 49.7 Å². The van der Waals surface area contributed by atoms with Gasteiger partial charge in [0, 0.05) is 24.8 Å². The molecule has 0 aliphatic carbocycles. The molecule has 0 spiro atoms. The fraction of sp³-hybridized carbons (Fsp3) is 0.618. The van der Waals surface area contributed by atoms with Crippen molar-refractivity contribution in [3.63, 3.8) is 0 Å². The molecule has 2 aromatic heterocycles. The molecule has 2 heterocycles. The molecule has 42 heavy (non-hydrogen) atoms. The lowest BCUT2D eigenvalue weighted by Crippen LogP contribution is -2.33. The molecule has 0 saturated carbocycles. The summed E-state index contributed by atoms with van der Waals surface area (Å²) in [4.78, 5) is 16.6. The molecule has 3 rings (SSSR count). The highest BCUT2D eigenvalue weighted by molar-refractivity contribution is 7.89. The molecule has 7 nitrogen and oxygen atoms in total. The number of unbranched alkanes of at least 4 members (excludes halogenated alkanes) is 11. The number of aromatic amines is 1. The number of benzene rings is 1. The van der Waals surface area contributed by atoms with Crippen molar-refractivity contribution < 1.29 is 13.2 Å². The van der Waals surface area contributed by atoms with Crippen LogP contribution in [-0.2, 0) is 10.0 Å². The van der Waals surface area contributed by atoms with E-state index in [1.54, 1.807) is 10.5 Å². The van der Waals surface area contributed by atoms with Gasteiger partial charge in [-0.25, -0.2) is 8.42 Å². The number of aryl methyl sites for hydroxylation is 1. The quantitative estimate of drug-likeness (QED) is 0.124. The lowest BCUT2D eigenvalue weighted by Gasteiger charge is -2.22. The summed E-state index contributed by atoms with van der Waals surface area (Å²) in [6.45, 7) is 9.71. The van der Waals surface area contributed by atoms with Gasteiger partial charge in [0.25, 0.3) is 5.56 Å². The van der Waals surface area contributed by atoms with E-state index in [2.05, 4.69) is 25.8 Å². The average Bonchev–Trinajstić information content (AvgIpc) is 3.37. The number of H-pyrrole nitrogens is 1. The minimum atomic E-state index is -3.92. The van der Waals surface area contributed by atoms with Gasteiger partial charge in [0.2, 0.25) is 10.0 Å². The molecule has 8 heteroatoms. The van der Waals surface area contributed by atoms with Crippen LogP contribution < -0.4 is 10.3 Å². The monoisotopic (exact) mass is 599 g/mol. The normalized spacial score (nSPS) is 12.0. The largest absolute Gasteiger partial charge is 0.479 e. The summed E-state index contributed by atoms with van der Waals surface area (Å²) in [6, 6.07) is 9.13. The number of fused-ring (bicyclic) bond motifs is 1. The first kappa shape index (κ1) is 33.9. The maximum absolute atomic E-state index is 14.4. The predicted molar refractivity (Wildman–Crippen MR) is 174 cm³/mol. The van der Waals surface area contributed by atoms with Crippen LogP contribution in [0.2, 0.25) is 0 Å². The van der Waals surface area contributed by atoms with Crippen molar-refractivity contribution in [2.24, 2.45) is 0 Å². The molecule has 3 aromatic rings. The van der Waals surface area contributed by atoms with Crippen molar-refractivity contribution >= 4 is 15.7 Å². The van der Waals surface area contributed by atoms with E-state index in [1.165, 1.54) is 61.8 Å². The van der Waals surface area contributed by atoms with Crippen LogP contribution in [0.5, 0.6) is 5.88 Å². The number of rotatable bonds is 21. The van der Waals surface area contributed by atoms with Gasteiger partial charge in [-0.1, -0.05) is 116 Å². The highest BCUT2D eigenvalue weighted by Crippen LogP contribution is 2.35. The van der Waals surface area contributed by atoms with Crippen LogP contribution in [0, 0.1) is 6.92 Å². The molecular weight excluding hydrogens is 546 g/mol. The fourth-order valence-corrected chi connectivity index (χ4v) is 7.27. The molecule has 0 radical (unpaired) electrons. The zero-order valence-corrected chi connectivity index (χ0v) is 27.2. The lowest BCUT2D eigenvalue weighted by molar-refractivity contribution is 0.293. The maximum atomic E-state index is 14.4. The van der Waals surface area contributed by atoms with Gasteiger partial charge in [0.1, 0.15) is 10.5 Å². The number of ether oxygens (including phenoxy) is 1. The fourth-order valence-electron chi connectivity index (χ4n) is 5.44. The van der Waals surface area contributed by atoms with Gasteiger partial charge in [-0.15, -0.1) is 0 Å². The van der Waals surface area contributed by atoms with Gasteiger partial charge in [0.15, 0.2) is 5.88 Å².